The molecule has 0 bridgehead atoms. The smallest absolute Gasteiger partial charge is 0.127 e. The number of nitrogens with zero attached hydrogens (tertiary/aromatic N) is 2. The summed E-state index contributed by atoms with van der Waals surface area (Å²) in [6.45, 7) is 6.16. The van der Waals surface area contributed by atoms with Crippen LogP contribution < -0.4 is 0 Å². The zero-order valence-corrected chi connectivity index (χ0v) is 11.9. The molecule has 2 rings (SSSR count). The molecule has 4 nitrogen and oxygen atoms in total. The van der Waals surface area contributed by atoms with Crippen LogP contribution in [-0.2, 0) is 13.2 Å². The summed E-state index contributed by atoms with van der Waals surface area (Å²) < 4.78 is 13.8. The van der Waals surface area contributed by atoms with Crippen LogP contribution in [0, 0.1) is 5.82 Å². The molecule has 1 aromatic carbocycles. The van der Waals surface area contributed by atoms with Gasteiger partial charge in [-0.3, -0.25) is 9.80 Å². The molecule has 1 aliphatic heterocycles. The number of aliphatic hydroxyl groups is 2. The second kappa shape index (κ2) is 7.13. The molecular formula is C15H23FN2O2. The van der Waals surface area contributed by atoms with Crippen molar-refractivity contribution in [3.05, 3.63) is 35.1 Å². The summed E-state index contributed by atoms with van der Waals surface area (Å²) in [6.07, 6.45) is 0. The van der Waals surface area contributed by atoms with E-state index in [1.807, 2.05) is 0 Å². The van der Waals surface area contributed by atoms with Gasteiger partial charge in [-0.2, -0.15) is 0 Å². The molecule has 20 heavy (non-hydrogen) atoms. The zero-order chi connectivity index (χ0) is 14.5. The lowest BCUT2D eigenvalue weighted by molar-refractivity contribution is 0.0657. The van der Waals surface area contributed by atoms with Crippen LogP contribution in [0.3, 0.4) is 0 Å². The van der Waals surface area contributed by atoms with E-state index in [0.29, 0.717) is 24.7 Å². The van der Waals surface area contributed by atoms with E-state index in [-0.39, 0.29) is 19.0 Å². The lowest BCUT2D eigenvalue weighted by Gasteiger charge is -2.39. The Bertz CT molecular complexity index is 442. The predicted molar refractivity (Wildman–Crippen MR) is 75.7 cm³/mol. The van der Waals surface area contributed by atoms with Gasteiger partial charge in [0.15, 0.2) is 0 Å². The van der Waals surface area contributed by atoms with Crippen molar-refractivity contribution < 1.29 is 14.6 Å². The van der Waals surface area contributed by atoms with Crippen molar-refractivity contribution in [2.24, 2.45) is 0 Å². The fourth-order valence-electron chi connectivity index (χ4n) is 2.72. The quantitative estimate of drug-likeness (QED) is 0.839. The highest BCUT2D eigenvalue weighted by Crippen LogP contribution is 2.17. The molecule has 1 unspecified atom stereocenters. The van der Waals surface area contributed by atoms with Gasteiger partial charge < -0.3 is 10.2 Å². The summed E-state index contributed by atoms with van der Waals surface area (Å²) in [6, 6.07) is 5.10. The van der Waals surface area contributed by atoms with Crippen molar-refractivity contribution in [1.29, 1.82) is 0 Å². The van der Waals surface area contributed by atoms with Crippen molar-refractivity contribution in [2.75, 3.05) is 32.8 Å². The van der Waals surface area contributed by atoms with Crippen molar-refractivity contribution in [2.45, 2.75) is 26.1 Å². The first-order chi connectivity index (χ1) is 9.63. The van der Waals surface area contributed by atoms with Gasteiger partial charge in [0.05, 0.1) is 13.2 Å². The van der Waals surface area contributed by atoms with Gasteiger partial charge in [0.1, 0.15) is 5.82 Å². The molecule has 5 heteroatoms. The first kappa shape index (κ1) is 15.4. The fourth-order valence-corrected chi connectivity index (χ4v) is 2.72. The molecule has 1 fully saturated rings. The topological polar surface area (TPSA) is 46.9 Å². The second-order valence-corrected chi connectivity index (χ2v) is 5.43. The Kier molecular flexibility index (Phi) is 5.48. The van der Waals surface area contributed by atoms with Crippen LogP contribution in [0.5, 0.6) is 0 Å². The maximum absolute atomic E-state index is 13.8. The van der Waals surface area contributed by atoms with E-state index in [1.165, 1.54) is 6.07 Å². The minimum atomic E-state index is -0.216. The van der Waals surface area contributed by atoms with E-state index in [4.69, 9.17) is 10.2 Å². The monoisotopic (exact) mass is 282 g/mol. The van der Waals surface area contributed by atoms with Crippen LogP contribution in [0.1, 0.15) is 18.1 Å². The molecule has 1 atom stereocenters. The van der Waals surface area contributed by atoms with Gasteiger partial charge in [-0.15, -0.1) is 0 Å². The lowest BCUT2D eigenvalue weighted by Crippen LogP contribution is -2.51. The number of hydrogen-bond acceptors (Lipinski definition) is 4. The maximum atomic E-state index is 13.8. The molecule has 0 spiro atoms. The Hall–Kier alpha value is -1.01. The summed E-state index contributed by atoms with van der Waals surface area (Å²) in [5, 5.41) is 18.1. The Balaban J connectivity index is 2.00. The highest BCUT2D eigenvalue weighted by molar-refractivity contribution is 5.24. The van der Waals surface area contributed by atoms with Gasteiger partial charge in [0.25, 0.3) is 0 Å². The predicted octanol–water partition coefficient (Wildman–Crippen LogP) is 0.816. The lowest BCUT2D eigenvalue weighted by atomic mass is 10.1. The zero-order valence-electron chi connectivity index (χ0n) is 11.9. The Labute approximate surface area is 119 Å². The maximum Gasteiger partial charge on any atom is 0.127 e. The largest absolute Gasteiger partial charge is 0.395 e. The second-order valence-electron chi connectivity index (χ2n) is 5.43. The number of aliphatic hydroxyl groups excluding tert-OH is 2. The van der Waals surface area contributed by atoms with Crippen LogP contribution in [0.25, 0.3) is 0 Å². The van der Waals surface area contributed by atoms with Crippen LogP contribution in [0.2, 0.25) is 0 Å². The van der Waals surface area contributed by atoms with Crippen molar-refractivity contribution in [3.63, 3.8) is 0 Å². The van der Waals surface area contributed by atoms with Gasteiger partial charge in [0.2, 0.25) is 0 Å². The molecule has 0 aliphatic carbocycles. The standard InChI is InChI=1S/C15H23FN2O2/c1-12-9-17(6-7-19)4-5-18(12)10-14-8-13(11-20)2-3-15(14)16/h2-3,8,12,19-20H,4-7,9-11H2,1H3. The Morgan fingerprint density at radius 1 is 1.30 bits per heavy atom. The van der Waals surface area contributed by atoms with Gasteiger partial charge in [-0.05, 0) is 24.6 Å². The van der Waals surface area contributed by atoms with Gasteiger partial charge >= 0.3 is 0 Å². The van der Waals surface area contributed by atoms with E-state index in [0.717, 1.165) is 25.2 Å². The highest BCUT2D eigenvalue weighted by atomic mass is 19.1. The molecule has 0 saturated carbocycles. The molecule has 1 heterocycles. The third kappa shape index (κ3) is 3.76. The molecular weight excluding hydrogens is 259 g/mol. The van der Waals surface area contributed by atoms with Gasteiger partial charge in [-0.25, -0.2) is 4.39 Å². The number of rotatable bonds is 5. The summed E-state index contributed by atoms with van der Waals surface area (Å²) in [5.74, 6) is -0.216. The van der Waals surface area contributed by atoms with E-state index in [9.17, 15) is 4.39 Å². The molecule has 0 amide bonds. The fraction of sp³-hybridized carbons (Fsp3) is 0.600. The van der Waals surface area contributed by atoms with Crippen LogP contribution >= 0.6 is 0 Å². The normalized spacial score (nSPS) is 21.3. The summed E-state index contributed by atoms with van der Waals surface area (Å²) in [4.78, 5) is 4.47. The molecule has 112 valence electrons. The average molecular weight is 282 g/mol. The highest BCUT2D eigenvalue weighted by Gasteiger charge is 2.23. The molecule has 2 N–H and O–H groups in total. The van der Waals surface area contributed by atoms with Crippen molar-refractivity contribution in [1.82, 2.24) is 9.80 Å². The van der Waals surface area contributed by atoms with Crippen LogP contribution in [0.4, 0.5) is 4.39 Å². The average Bonchev–Trinajstić information content (AvgIpc) is 2.44. The molecule has 1 aromatic rings. The summed E-state index contributed by atoms with van der Waals surface area (Å²) >= 11 is 0. The molecule has 0 radical (unpaired) electrons. The third-order valence-corrected chi connectivity index (χ3v) is 3.93. The Morgan fingerprint density at radius 3 is 2.75 bits per heavy atom. The van der Waals surface area contributed by atoms with E-state index >= 15 is 0 Å². The number of benzene rings is 1. The SMILES string of the molecule is CC1CN(CCO)CCN1Cc1cc(CO)ccc1F. The Morgan fingerprint density at radius 2 is 2.10 bits per heavy atom. The molecule has 1 aliphatic rings. The summed E-state index contributed by atoms with van der Waals surface area (Å²) in [7, 11) is 0. The van der Waals surface area contributed by atoms with Crippen molar-refractivity contribution >= 4 is 0 Å². The summed E-state index contributed by atoms with van der Waals surface area (Å²) in [5.41, 5.74) is 1.38. The first-order valence-electron chi connectivity index (χ1n) is 7.09. The first-order valence-corrected chi connectivity index (χ1v) is 7.09. The number of hydrogen-bond donors (Lipinski definition) is 2. The molecule has 0 aromatic heterocycles. The third-order valence-electron chi connectivity index (χ3n) is 3.93. The van der Waals surface area contributed by atoms with Gasteiger partial charge in [-0.1, -0.05) is 6.07 Å². The van der Waals surface area contributed by atoms with E-state index in [2.05, 4.69) is 16.7 Å². The minimum absolute atomic E-state index is 0.0624. The number of halogens is 1. The molecule has 1 saturated heterocycles. The number of piperazine rings is 1. The van der Waals surface area contributed by atoms with Crippen LogP contribution in [-0.4, -0.2) is 58.8 Å². The van der Waals surface area contributed by atoms with Crippen LogP contribution in [0.15, 0.2) is 18.2 Å². The minimum Gasteiger partial charge on any atom is -0.395 e. The number of β-amino-alcohol motifs (C(OH)–C–C–N with tert-alkyl or cyclic N) is 1. The van der Waals surface area contributed by atoms with E-state index < -0.39 is 0 Å². The van der Waals surface area contributed by atoms with E-state index in [1.54, 1.807) is 12.1 Å². The van der Waals surface area contributed by atoms with Crippen molar-refractivity contribution in [3.8, 4) is 0 Å². The van der Waals surface area contributed by atoms with Gasteiger partial charge in [0, 0.05) is 44.3 Å².